The van der Waals surface area contributed by atoms with Crippen LogP contribution in [0.4, 0.5) is 0 Å². The van der Waals surface area contributed by atoms with E-state index in [1.807, 2.05) is 19.9 Å². The molecule has 0 saturated heterocycles. The summed E-state index contributed by atoms with van der Waals surface area (Å²) in [7, 11) is 0. The summed E-state index contributed by atoms with van der Waals surface area (Å²) >= 11 is 0. The summed E-state index contributed by atoms with van der Waals surface area (Å²) in [5, 5.41) is 36.8. The van der Waals surface area contributed by atoms with Crippen LogP contribution in [-0.2, 0) is 9.59 Å². The number of Topliss-reactive ketones (excluding diaryl/α,β-unsaturated/α-hetero) is 2. The highest BCUT2D eigenvalue weighted by molar-refractivity contribution is 5.92. The number of aliphatic hydroxyl groups is 3. The molecule has 0 amide bonds. The highest BCUT2D eigenvalue weighted by Crippen LogP contribution is 2.67. The van der Waals surface area contributed by atoms with Crippen LogP contribution in [0.1, 0.15) is 72.1 Å². The first-order chi connectivity index (χ1) is 14.6. The number of rotatable bonds is 3. The van der Waals surface area contributed by atoms with Crippen LogP contribution < -0.4 is 0 Å². The molecule has 0 aliphatic heterocycles. The van der Waals surface area contributed by atoms with Gasteiger partial charge in [-0.25, -0.2) is 10.4 Å². The molecular formula is C24H38N2O5. The second kappa shape index (κ2) is 8.86. The van der Waals surface area contributed by atoms with E-state index >= 15 is 0 Å². The molecule has 0 aromatic carbocycles. The van der Waals surface area contributed by atoms with Crippen LogP contribution in [-0.4, -0.2) is 57.8 Å². The molecule has 4 rings (SSSR count). The van der Waals surface area contributed by atoms with E-state index in [1.54, 1.807) is 0 Å². The van der Waals surface area contributed by atoms with Crippen molar-refractivity contribution >= 4 is 17.6 Å². The largest absolute Gasteiger partial charge is 0.393 e. The molecule has 0 heterocycles. The van der Waals surface area contributed by atoms with Gasteiger partial charge in [0.2, 0.25) is 0 Å². The second-order valence-electron chi connectivity index (χ2n) is 10.6. The molecule has 7 nitrogen and oxygen atoms in total. The van der Waals surface area contributed by atoms with Crippen molar-refractivity contribution in [3.63, 3.8) is 0 Å². The van der Waals surface area contributed by atoms with Crippen molar-refractivity contribution in [3.05, 3.63) is 0 Å². The molecule has 4 fully saturated rings. The monoisotopic (exact) mass is 434 g/mol. The average molecular weight is 435 g/mol. The summed E-state index contributed by atoms with van der Waals surface area (Å²) in [5.41, 5.74) is -2.40. The first kappa shape index (κ1) is 24.2. The zero-order chi connectivity index (χ0) is 23.0. The molecule has 0 unspecified atom stereocenters. The van der Waals surface area contributed by atoms with Crippen molar-refractivity contribution in [2.45, 2.75) is 83.8 Å². The normalized spacial score (nSPS) is 45.9. The molecule has 4 N–H and O–H groups in total. The van der Waals surface area contributed by atoms with Gasteiger partial charge in [-0.2, -0.15) is 0 Å². The number of nitrogens with one attached hydrogen (secondary N) is 1. The molecule has 7 heteroatoms. The lowest BCUT2D eigenvalue weighted by Crippen LogP contribution is -2.62. The van der Waals surface area contributed by atoms with Crippen LogP contribution in [0.15, 0.2) is 4.99 Å². The van der Waals surface area contributed by atoms with Gasteiger partial charge in [-0.05, 0) is 75.0 Å². The zero-order valence-corrected chi connectivity index (χ0v) is 19.1. The van der Waals surface area contributed by atoms with E-state index in [1.165, 1.54) is 0 Å². The van der Waals surface area contributed by atoms with E-state index in [2.05, 4.69) is 11.9 Å². The number of carbonyl (C=O) groups excluding carboxylic acids is 2. The van der Waals surface area contributed by atoms with Crippen molar-refractivity contribution in [1.29, 1.82) is 5.41 Å². The Labute approximate surface area is 184 Å². The predicted octanol–water partition coefficient (Wildman–Crippen LogP) is 2.62. The number of aliphatic imine (C=N–C) groups is 1. The Balaban J connectivity index is 0.000000491. The Kier molecular flexibility index (Phi) is 6.93. The van der Waals surface area contributed by atoms with Crippen molar-refractivity contribution < 1.29 is 24.9 Å². The third-order valence-electron chi connectivity index (χ3n) is 9.32. The lowest BCUT2D eigenvalue weighted by molar-refractivity contribution is -0.180. The minimum absolute atomic E-state index is 0.0154. The van der Waals surface area contributed by atoms with E-state index in [-0.39, 0.29) is 41.5 Å². The SMILES string of the molecule is CCN=C=N.C[C@]12CC[C@@H](O)C[C@H]1CC[C@@H]1[C@@H]2C(=O)C[C@@]2(C)[C@H]1CC[C@]2(O)C(=O)CO. The van der Waals surface area contributed by atoms with Gasteiger partial charge in [-0.1, -0.05) is 13.8 Å². The van der Waals surface area contributed by atoms with E-state index in [4.69, 9.17) is 5.41 Å². The highest BCUT2D eigenvalue weighted by Gasteiger charge is 2.68. The molecule has 0 bridgehead atoms. The van der Waals surface area contributed by atoms with Gasteiger partial charge in [-0.15, -0.1) is 0 Å². The molecule has 0 spiro atoms. The smallest absolute Gasteiger partial charge is 0.190 e. The van der Waals surface area contributed by atoms with Crippen LogP contribution in [0.25, 0.3) is 0 Å². The molecule has 0 aromatic heterocycles. The fourth-order valence-electron chi connectivity index (χ4n) is 7.72. The molecule has 31 heavy (non-hydrogen) atoms. The third kappa shape index (κ3) is 3.74. The Bertz CT molecular complexity index is 765. The zero-order valence-electron chi connectivity index (χ0n) is 19.1. The van der Waals surface area contributed by atoms with Gasteiger partial charge in [-0.3, -0.25) is 9.59 Å². The molecule has 8 atom stereocenters. The summed E-state index contributed by atoms with van der Waals surface area (Å²) < 4.78 is 0. The maximum absolute atomic E-state index is 13.4. The molecule has 4 aliphatic carbocycles. The van der Waals surface area contributed by atoms with E-state index in [0.29, 0.717) is 18.9 Å². The van der Waals surface area contributed by atoms with Crippen LogP contribution in [0.3, 0.4) is 0 Å². The van der Waals surface area contributed by atoms with Gasteiger partial charge in [0.1, 0.15) is 18.0 Å². The summed E-state index contributed by atoms with van der Waals surface area (Å²) in [5.74, 6) is 0.380. The van der Waals surface area contributed by atoms with Crippen molar-refractivity contribution in [2.24, 2.45) is 39.5 Å². The van der Waals surface area contributed by atoms with Crippen molar-refractivity contribution in [2.75, 3.05) is 13.2 Å². The summed E-state index contributed by atoms with van der Waals surface area (Å²) in [4.78, 5) is 29.1. The number of hydrogen-bond donors (Lipinski definition) is 4. The predicted molar refractivity (Wildman–Crippen MR) is 116 cm³/mol. The molecule has 0 aromatic rings. The summed E-state index contributed by atoms with van der Waals surface area (Å²) in [6.07, 6.45) is 5.47. The number of ketones is 2. The van der Waals surface area contributed by atoms with Crippen LogP contribution >= 0.6 is 0 Å². The summed E-state index contributed by atoms with van der Waals surface area (Å²) in [6, 6.07) is 1.89. The second-order valence-corrected chi connectivity index (χ2v) is 10.6. The minimum atomic E-state index is -1.58. The number of fused-ring (bicyclic) bond motifs is 5. The summed E-state index contributed by atoms with van der Waals surface area (Å²) in [6.45, 7) is 6.00. The average Bonchev–Trinajstić information content (AvgIpc) is 3.00. The fraction of sp³-hybridized carbons (Fsp3) is 0.875. The van der Waals surface area contributed by atoms with Gasteiger partial charge in [0.25, 0.3) is 0 Å². The Morgan fingerprint density at radius 2 is 1.94 bits per heavy atom. The van der Waals surface area contributed by atoms with Gasteiger partial charge in [0.05, 0.1) is 12.1 Å². The van der Waals surface area contributed by atoms with E-state index in [0.717, 1.165) is 38.5 Å². The van der Waals surface area contributed by atoms with Gasteiger partial charge in [0, 0.05) is 24.3 Å². The van der Waals surface area contributed by atoms with Crippen LogP contribution in [0.5, 0.6) is 0 Å². The number of hydrogen-bond acceptors (Lipinski definition) is 7. The maximum Gasteiger partial charge on any atom is 0.190 e. The van der Waals surface area contributed by atoms with Gasteiger partial charge < -0.3 is 15.3 Å². The molecule has 174 valence electrons. The Morgan fingerprint density at radius 1 is 1.23 bits per heavy atom. The topological polar surface area (TPSA) is 131 Å². The third-order valence-corrected chi connectivity index (χ3v) is 9.32. The standard InChI is InChI=1S/C21H32O5.C3H6N2/c1-19-7-5-13(23)9-12(19)3-4-14-15-6-8-21(26,17(25)11-22)20(15,2)10-16(24)18(14)19;1-2-5-3-4/h12-15,18,22-23,26H,3-11H2,1-2H3;4H,2H2,1H3/t12-,13-,14+,15+,18-,19+,20+,21+;/m1./s1. The Hall–Kier alpha value is -1.40. The first-order valence-electron chi connectivity index (χ1n) is 11.7. The lowest BCUT2D eigenvalue weighted by atomic mass is 9.44. The lowest BCUT2D eigenvalue weighted by Gasteiger charge is -2.60. The quantitative estimate of drug-likeness (QED) is 0.507. The first-order valence-corrected chi connectivity index (χ1v) is 11.7. The van der Waals surface area contributed by atoms with Crippen molar-refractivity contribution in [1.82, 2.24) is 0 Å². The molecule has 0 radical (unpaired) electrons. The van der Waals surface area contributed by atoms with Gasteiger partial charge >= 0.3 is 0 Å². The number of nitrogens with zero attached hydrogens (tertiary/aromatic N) is 1. The van der Waals surface area contributed by atoms with E-state index < -0.39 is 23.4 Å². The van der Waals surface area contributed by atoms with Crippen molar-refractivity contribution in [3.8, 4) is 0 Å². The van der Waals surface area contributed by atoms with Crippen LogP contribution in [0.2, 0.25) is 0 Å². The highest BCUT2D eigenvalue weighted by atomic mass is 16.3. The Morgan fingerprint density at radius 3 is 2.52 bits per heavy atom. The number of aliphatic hydroxyl groups excluding tert-OH is 2. The van der Waals surface area contributed by atoms with E-state index in [9.17, 15) is 24.9 Å². The van der Waals surface area contributed by atoms with Gasteiger partial charge in [0.15, 0.2) is 5.78 Å². The molecule has 4 saturated carbocycles. The molecule has 4 aliphatic rings. The number of carbonyl (C=O) groups is 2. The van der Waals surface area contributed by atoms with Crippen LogP contribution in [0, 0.1) is 39.9 Å². The molecular weight excluding hydrogens is 396 g/mol. The minimum Gasteiger partial charge on any atom is -0.393 e. The maximum atomic E-state index is 13.4. The fourth-order valence-corrected chi connectivity index (χ4v) is 7.72.